The molecule has 0 saturated carbocycles. The van der Waals surface area contributed by atoms with E-state index in [1.165, 1.54) is 0 Å². The number of hydrogen-bond acceptors (Lipinski definition) is 4. The SMILES string of the molecule is CCOCC(O)CNC(=O)CCCN1CCCCC1=O. The van der Waals surface area contributed by atoms with E-state index in [0.717, 1.165) is 19.4 Å². The van der Waals surface area contributed by atoms with Gasteiger partial charge in [0.25, 0.3) is 0 Å². The van der Waals surface area contributed by atoms with Crippen LogP contribution >= 0.6 is 0 Å². The molecule has 6 heteroatoms. The van der Waals surface area contributed by atoms with Gasteiger partial charge in [0.2, 0.25) is 11.8 Å². The average molecular weight is 286 g/mol. The van der Waals surface area contributed by atoms with Crippen LogP contribution in [-0.2, 0) is 14.3 Å². The van der Waals surface area contributed by atoms with Crippen molar-refractivity contribution in [2.75, 3.05) is 32.8 Å². The fourth-order valence-corrected chi connectivity index (χ4v) is 2.16. The number of nitrogens with zero attached hydrogens (tertiary/aromatic N) is 1. The highest BCUT2D eigenvalue weighted by molar-refractivity contribution is 5.77. The van der Waals surface area contributed by atoms with E-state index >= 15 is 0 Å². The van der Waals surface area contributed by atoms with Crippen molar-refractivity contribution in [3.05, 3.63) is 0 Å². The van der Waals surface area contributed by atoms with Crippen LogP contribution in [0.3, 0.4) is 0 Å². The summed E-state index contributed by atoms with van der Waals surface area (Å²) in [4.78, 5) is 25.0. The lowest BCUT2D eigenvalue weighted by Crippen LogP contribution is -2.37. The third-order valence-corrected chi connectivity index (χ3v) is 3.30. The fourth-order valence-electron chi connectivity index (χ4n) is 2.16. The van der Waals surface area contributed by atoms with Gasteiger partial charge in [0.05, 0.1) is 12.7 Å². The molecular weight excluding hydrogens is 260 g/mol. The van der Waals surface area contributed by atoms with Crippen molar-refractivity contribution < 1.29 is 19.4 Å². The lowest BCUT2D eigenvalue weighted by atomic mass is 10.1. The summed E-state index contributed by atoms with van der Waals surface area (Å²) in [5.74, 6) is 0.105. The zero-order chi connectivity index (χ0) is 14.8. The Morgan fingerprint density at radius 1 is 1.50 bits per heavy atom. The Morgan fingerprint density at radius 3 is 3.00 bits per heavy atom. The Hall–Kier alpha value is -1.14. The van der Waals surface area contributed by atoms with Crippen molar-refractivity contribution in [1.29, 1.82) is 0 Å². The molecule has 116 valence electrons. The van der Waals surface area contributed by atoms with Gasteiger partial charge in [0.15, 0.2) is 0 Å². The first-order chi connectivity index (χ1) is 9.63. The van der Waals surface area contributed by atoms with Crippen molar-refractivity contribution >= 4 is 11.8 Å². The Labute approximate surface area is 120 Å². The lowest BCUT2D eigenvalue weighted by molar-refractivity contribution is -0.133. The molecule has 1 atom stereocenters. The number of carbonyl (C=O) groups is 2. The molecule has 20 heavy (non-hydrogen) atoms. The minimum atomic E-state index is -0.664. The summed E-state index contributed by atoms with van der Waals surface area (Å²) in [7, 11) is 0. The second kappa shape index (κ2) is 9.72. The zero-order valence-corrected chi connectivity index (χ0v) is 12.3. The number of ether oxygens (including phenoxy) is 1. The van der Waals surface area contributed by atoms with Crippen LogP contribution in [0, 0.1) is 0 Å². The summed E-state index contributed by atoms with van der Waals surface area (Å²) in [5, 5.41) is 12.2. The highest BCUT2D eigenvalue weighted by atomic mass is 16.5. The molecule has 0 aromatic carbocycles. The number of carbonyl (C=O) groups excluding carboxylic acids is 2. The maximum absolute atomic E-state index is 11.6. The Morgan fingerprint density at radius 2 is 2.30 bits per heavy atom. The Kier molecular flexibility index (Phi) is 8.22. The van der Waals surface area contributed by atoms with E-state index in [4.69, 9.17) is 4.74 Å². The Balaban J connectivity index is 2.06. The summed E-state index contributed by atoms with van der Waals surface area (Å²) < 4.78 is 5.05. The smallest absolute Gasteiger partial charge is 0.222 e. The Bertz CT molecular complexity index is 310. The first kappa shape index (κ1) is 16.9. The first-order valence-corrected chi connectivity index (χ1v) is 7.43. The third-order valence-electron chi connectivity index (χ3n) is 3.30. The lowest BCUT2D eigenvalue weighted by Gasteiger charge is -2.26. The van der Waals surface area contributed by atoms with Crippen molar-refractivity contribution in [2.24, 2.45) is 0 Å². The molecule has 1 fully saturated rings. The second-order valence-corrected chi connectivity index (χ2v) is 5.06. The van der Waals surface area contributed by atoms with Crippen LogP contribution in [0.4, 0.5) is 0 Å². The zero-order valence-electron chi connectivity index (χ0n) is 12.3. The van der Waals surface area contributed by atoms with Crippen LogP contribution < -0.4 is 5.32 Å². The number of likely N-dealkylation sites (tertiary alicyclic amines) is 1. The van der Waals surface area contributed by atoms with Gasteiger partial charge in [-0.25, -0.2) is 0 Å². The molecular formula is C14H26N2O4. The number of nitrogens with one attached hydrogen (secondary N) is 1. The first-order valence-electron chi connectivity index (χ1n) is 7.43. The summed E-state index contributed by atoms with van der Waals surface area (Å²) in [6.07, 6.45) is 3.05. The normalized spacial score (nSPS) is 17.1. The van der Waals surface area contributed by atoms with Crippen molar-refractivity contribution in [3.8, 4) is 0 Å². The number of rotatable bonds is 9. The highest BCUT2D eigenvalue weighted by Crippen LogP contribution is 2.11. The molecule has 1 aliphatic heterocycles. The van der Waals surface area contributed by atoms with Crippen LogP contribution in [0.1, 0.15) is 39.0 Å². The van der Waals surface area contributed by atoms with Gasteiger partial charge >= 0.3 is 0 Å². The summed E-state index contributed by atoms with van der Waals surface area (Å²) in [6.45, 7) is 4.31. The van der Waals surface area contributed by atoms with E-state index in [0.29, 0.717) is 32.4 Å². The van der Waals surface area contributed by atoms with E-state index in [2.05, 4.69) is 5.32 Å². The maximum Gasteiger partial charge on any atom is 0.222 e. The van der Waals surface area contributed by atoms with Gasteiger partial charge < -0.3 is 20.1 Å². The molecule has 1 heterocycles. The van der Waals surface area contributed by atoms with E-state index in [1.54, 1.807) is 0 Å². The fraction of sp³-hybridized carbons (Fsp3) is 0.857. The molecule has 1 saturated heterocycles. The van der Waals surface area contributed by atoms with Gasteiger partial charge in [-0.05, 0) is 26.2 Å². The minimum Gasteiger partial charge on any atom is -0.389 e. The summed E-state index contributed by atoms with van der Waals surface area (Å²) in [6, 6.07) is 0. The predicted octanol–water partition coefficient (Wildman–Crippen LogP) is 0.293. The van der Waals surface area contributed by atoms with E-state index < -0.39 is 6.10 Å². The quantitative estimate of drug-likeness (QED) is 0.638. The second-order valence-electron chi connectivity index (χ2n) is 5.06. The van der Waals surface area contributed by atoms with Crippen LogP contribution in [0.15, 0.2) is 0 Å². The molecule has 0 aromatic heterocycles. The molecule has 0 aromatic rings. The van der Waals surface area contributed by atoms with Crippen molar-refractivity contribution in [2.45, 2.75) is 45.1 Å². The monoisotopic (exact) mass is 286 g/mol. The van der Waals surface area contributed by atoms with Gasteiger partial charge in [-0.15, -0.1) is 0 Å². The van der Waals surface area contributed by atoms with E-state index in [9.17, 15) is 14.7 Å². The third kappa shape index (κ3) is 6.86. The standard InChI is InChI=1S/C14H26N2O4/c1-2-20-11-12(17)10-15-13(18)6-5-9-16-8-4-3-7-14(16)19/h12,17H,2-11H2,1H3,(H,15,18). The number of amides is 2. The van der Waals surface area contributed by atoms with Gasteiger partial charge in [-0.2, -0.15) is 0 Å². The van der Waals surface area contributed by atoms with Crippen LogP contribution in [0.5, 0.6) is 0 Å². The van der Waals surface area contributed by atoms with Gasteiger partial charge in [0, 0.05) is 39.1 Å². The van der Waals surface area contributed by atoms with Gasteiger partial charge in [-0.3, -0.25) is 9.59 Å². The number of piperidine rings is 1. The maximum atomic E-state index is 11.6. The minimum absolute atomic E-state index is 0.0926. The molecule has 1 rings (SSSR count). The van der Waals surface area contributed by atoms with Crippen molar-refractivity contribution in [3.63, 3.8) is 0 Å². The summed E-state index contributed by atoms with van der Waals surface area (Å²) in [5.41, 5.74) is 0. The van der Waals surface area contributed by atoms with Crippen molar-refractivity contribution in [1.82, 2.24) is 10.2 Å². The van der Waals surface area contributed by atoms with E-state index in [-0.39, 0.29) is 25.0 Å². The predicted molar refractivity (Wildman–Crippen MR) is 75.2 cm³/mol. The topological polar surface area (TPSA) is 78.9 Å². The van der Waals surface area contributed by atoms with Crippen LogP contribution in [0.2, 0.25) is 0 Å². The number of aliphatic hydroxyl groups excluding tert-OH is 1. The highest BCUT2D eigenvalue weighted by Gasteiger charge is 2.17. The van der Waals surface area contributed by atoms with Crippen LogP contribution in [-0.4, -0.2) is 60.8 Å². The molecule has 0 radical (unpaired) electrons. The largest absolute Gasteiger partial charge is 0.389 e. The number of hydrogen-bond donors (Lipinski definition) is 2. The van der Waals surface area contributed by atoms with Gasteiger partial charge in [-0.1, -0.05) is 0 Å². The molecule has 2 amide bonds. The molecule has 1 unspecified atom stereocenters. The van der Waals surface area contributed by atoms with E-state index in [1.807, 2.05) is 11.8 Å². The molecule has 0 spiro atoms. The molecule has 2 N–H and O–H groups in total. The molecule has 1 aliphatic rings. The number of aliphatic hydroxyl groups is 1. The summed E-state index contributed by atoms with van der Waals surface area (Å²) >= 11 is 0. The van der Waals surface area contributed by atoms with Gasteiger partial charge in [0.1, 0.15) is 0 Å². The average Bonchev–Trinajstić information content (AvgIpc) is 2.45. The van der Waals surface area contributed by atoms with Crippen LogP contribution in [0.25, 0.3) is 0 Å². The molecule has 0 aliphatic carbocycles. The molecule has 0 bridgehead atoms. The molecule has 6 nitrogen and oxygen atoms in total.